The van der Waals surface area contributed by atoms with Crippen molar-refractivity contribution in [3.8, 4) is 0 Å². The third-order valence-corrected chi connectivity index (χ3v) is 3.15. The van der Waals surface area contributed by atoms with Crippen LogP contribution in [0.25, 0.3) is 0 Å². The molecule has 0 aliphatic carbocycles. The molecule has 0 aliphatic rings. The highest BCUT2D eigenvalue weighted by Gasteiger charge is 2.08. The van der Waals surface area contributed by atoms with Crippen molar-refractivity contribution in [2.24, 2.45) is 0 Å². The van der Waals surface area contributed by atoms with E-state index in [2.05, 4.69) is 19.0 Å². The van der Waals surface area contributed by atoms with Crippen LogP contribution in [0.3, 0.4) is 0 Å². The highest BCUT2D eigenvalue weighted by Crippen LogP contribution is 2.08. The second-order valence-corrected chi connectivity index (χ2v) is 5.38. The SMILES string of the molecule is CCOCC/C(=C\C=C/SCCN(C)C)C(=O)OCC. The molecule has 0 aromatic carbocycles. The molecule has 0 aromatic rings. The number of carbonyl (C=O) groups is 1. The van der Waals surface area contributed by atoms with Crippen LogP contribution in [0.5, 0.6) is 0 Å². The molecule has 0 rings (SSSR count). The fourth-order valence-electron chi connectivity index (χ4n) is 1.32. The van der Waals surface area contributed by atoms with Gasteiger partial charge in [0.05, 0.1) is 13.2 Å². The first-order valence-corrected chi connectivity index (χ1v) is 8.03. The Morgan fingerprint density at radius 3 is 2.60 bits per heavy atom. The van der Waals surface area contributed by atoms with Gasteiger partial charge in [-0.05, 0) is 33.4 Å². The lowest BCUT2D eigenvalue weighted by molar-refractivity contribution is -0.138. The minimum atomic E-state index is -0.254. The van der Waals surface area contributed by atoms with E-state index in [-0.39, 0.29) is 5.97 Å². The Hall–Kier alpha value is -0.780. The molecule has 0 saturated carbocycles. The molecule has 0 amide bonds. The summed E-state index contributed by atoms with van der Waals surface area (Å²) in [4.78, 5) is 13.9. The average molecular weight is 301 g/mol. The lowest BCUT2D eigenvalue weighted by atomic mass is 10.2. The number of carbonyl (C=O) groups excluding carboxylic acids is 1. The van der Waals surface area contributed by atoms with E-state index in [1.165, 1.54) is 0 Å². The molecule has 0 atom stereocenters. The van der Waals surface area contributed by atoms with E-state index in [0.29, 0.717) is 31.8 Å². The zero-order valence-corrected chi connectivity index (χ0v) is 13.9. The molecule has 0 aliphatic heterocycles. The van der Waals surface area contributed by atoms with E-state index in [0.717, 1.165) is 12.3 Å². The molecule has 116 valence electrons. The van der Waals surface area contributed by atoms with Crippen LogP contribution in [0.1, 0.15) is 20.3 Å². The molecule has 0 radical (unpaired) electrons. The number of allylic oxidation sites excluding steroid dienone is 2. The van der Waals surface area contributed by atoms with Crippen LogP contribution in [0.15, 0.2) is 23.1 Å². The number of rotatable bonds is 11. The highest BCUT2D eigenvalue weighted by molar-refractivity contribution is 8.02. The molecule has 0 spiro atoms. The number of esters is 1. The van der Waals surface area contributed by atoms with Crippen molar-refractivity contribution in [1.29, 1.82) is 0 Å². The van der Waals surface area contributed by atoms with Crippen molar-refractivity contribution < 1.29 is 14.3 Å². The van der Waals surface area contributed by atoms with E-state index in [9.17, 15) is 4.79 Å². The van der Waals surface area contributed by atoms with Crippen LogP contribution in [0, 0.1) is 0 Å². The molecule has 4 nitrogen and oxygen atoms in total. The van der Waals surface area contributed by atoms with E-state index >= 15 is 0 Å². The Kier molecular flexibility index (Phi) is 12.7. The first-order chi connectivity index (χ1) is 9.61. The van der Waals surface area contributed by atoms with Crippen molar-refractivity contribution in [3.05, 3.63) is 23.1 Å². The molecule has 0 bridgehead atoms. The summed E-state index contributed by atoms with van der Waals surface area (Å²) >= 11 is 1.73. The van der Waals surface area contributed by atoms with Gasteiger partial charge in [0.1, 0.15) is 0 Å². The summed E-state index contributed by atoms with van der Waals surface area (Å²) in [6.07, 6.45) is 4.30. The topological polar surface area (TPSA) is 38.8 Å². The molecule has 5 heteroatoms. The first-order valence-electron chi connectivity index (χ1n) is 6.98. The summed E-state index contributed by atoms with van der Waals surface area (Å²) in [6, 6.07) is 0. The van der Waals surface area contributed by atoms with Crippen LogP contribution in [-0.2, 0) is 14.3 Å². The van der Waals surface area contributed by atoms with Crippen LogP contribution in [0.4, 0.5) is 0 Å². The van der Waals surface area contributed by atoms with Gasteiger partial charge in [-0.15, -0.1) is 11.8 Å². The van der Waals surface area contributed by atoms with E-state index in [1.807, 2.05) is 31.4 Å². The second kappa shape index (κ2) is 13.2. The molecule has 0 saturated heterocycles. The van der Waals surface area contributed by atoms with Gasteiger partial charge in [0.25, 0.3) is 0 Å². The quantitative estimate of drug-likeness (QED) is 0.254. The van der Waals surface area contributed by atoms with Gasteiger partial charge in [-0.3, -0.25) is 0 Å². The van der Waals surface area contributed by atoms with Gasteiger partial charge < -0.3 is 14.4 Å². The number of ether oxygens (including phenoxy) is 2. The minimum absolute atomic E-state index is 0.254. The van der Waals surface area contributed by atoms with Gasteiger partial charge in [0, 0.05) is 30.9 Å². The van der Waals surface area contributed by atoms with Crippen molar-refractivity contribution in [2.75, 3.05) is 46.2 Å². The van der Waals surface area contributed by atoms with Gasteiger partial charge in [-0.25, -0.2) is 4.79 Å². The number of nitrogens with zero attached hydrogens (tertiary/aromatic N) is 1. The summed E-state index contributed by atoms with van der Waals surface area (Å²) in [5.41, 5.74) is 0.657. The lowest BCUT2D eigenvalue weighted by Crippen LogP contribution is -2.14. The number of thioether (sulfide) groups is 1. The standard InChI is InChI=1S/C15H27NO3S/c1-5-18-11-9-14(15(17)19-6-2)8-7-12-20-13-10-16(3)4/h7-8,12H,5-6,9-11,13H2,1-4H3/b12-7-,14-8+. The fourth-order valence-corrected chi connectivity index (χ4v) is 2.11. The molecule has 0 heterocycles. The summed E-state index contributed by atoms with van der Waals surface area (Å²) in [5, 5.41) is 2.00. The molecular weight excluding hydrogens is 274 g/mol. The third kappa shape index (κ3) is 11.1. The normalized spacial score (nSPS) is 12.3. The maximum absolute atomic E-state index is 11.8. The van der Waals surface area contributed by atoms with Crippen LogP contribution in [-0.4, -0.2) is 57.1 Å². The molecule has 0 N–H and O–H groups in total. The van der Waals surface area contributed by atoms with Crippen molar-refractivity contribution in [3.63, 3.8) is 0 Å². The Morgan fingerprint density at radius 1 is 1.25 bits per heavy atom. The Bertz CT molecular complexity index is 314. The van der Waals surface area contributed by atoms with Gasteiger partial charge in [-0.2, -0.15) is 0 Å². The summed E-state index contributed by atoms with van der Waals surface area (Å²) in [6.45, 7) is 6.38. The second-order valence-electron chi connectivity index (χ2n) is 4.36. The zero-order valence-electron chi connectivity index (χ0n) is 13.1. The average Bonchev–Trinajstić information content (AvgIpc) is 2.40. The zero-order chi connectivity index (χ0) is 15.2. The summed E-state index contributed by atoms with van der Waals surface area (Å²) < 4.78 is 10.3. The molecule has 0 aromatic heterocycles. The van der Waals surface area contributed by atoms with Crippen molar-refractivity contribution in [1.82, 2.24) is 4.90 Å². The third-order valence-electron chi connectivity index (χ3n) is 2.39. The highest BCUT2D eigenvalue weighted by atomic mass is 32.2. The predicted molar refractivity (Wildman–Crippen MR) is 86.0 cm³/mol. The van der Waals surface area contributed by atoms with Crippen LogP contribution >= 0.6 is 11.8 Å². The van der Waals surface area contributed by atoms with E-state index in [4.69, 9.17) is 9.47 Å². The van der Waals surface area contributed by atoms with Gasteiger partial charge in [0.2, 0.25) is 0 Å². The Balaban J connectivity index is 4.25. The molecular formula is C15H27NO3S. The van der Waals surface area contributed by atoms with Gasteiger partial charge in [0.15, 0.2) is 0 Å². The first kappa shape index (κ1) is 19.2. The number of hydrogen-bond acceptors (Lipinski definition) is 5. The molecule has 20 heavy (non-hydrogen) atoms. The largest absolute Gasteiger partial charge is 0.463 e. The number of hydrogen-bond donors (Lipinski definition) is 0. The van der Waals surface area contributed by atoms with Crippen LogP contribution in [0.2, 0.25) is 0 Å². The minimum Gasteiger partial charge on any atom is -0.463 e. The maximum atomic E-state index is 11.8. The fraction of sp³-hybridized carbons (Fsp3) is 0.667. The molecule has 0 fully saturated rings. The Morgan fingerprint density at radius 2 is 2.00 bits per heavy atom. The summed E-state index contributed by atoms with van der Waals surface area (Å²) in [5.74, 6) is 0.778. The van der Waals surface area contributed by atoms with Crippen molar-refractivity contribution >= 4 is 17.7 Å². The molecule has 0 unspecified atom stereocenters. The Labute approximate surface area is 127 Å². The summed E-state index contributed by atoms with van der Waals surface area (Å²) in [7, 11) is 4.10. The van der Waals surface area contributed by atoms with Crippen molar-refractivity contribution in [2.45, 2.75) is 20.3 Å². The predicted octanol–water partition coefficient (Wildman–Crippen LogP) is 2.71. The van der Waals surface area contributed by atoms with E-state index < -0.39 is 0 Å². The van der Waals surface area contributed by atoms with Crippen LogP contribution < -0.4 is 0 Å². The van der Waals surface area contributed by atoms with Gasteiger partial charge >= 0.3 is 5.97 Å². The van der Waals surface area contributed by atoms with Gasteiger partial charge in [-0.1, -0.05) is 12.2 Å². The smallest absolute Gasteiger partial charge is 0.334 e. The van der Waals surface area contributed by atoms with E-state index in [1.54, 1.807) is 11.8 Å². The lowest BCUT2D eigenvalue weighted by Gasteiger charge is -2.07. The maximum Gasteiger partial charge on any atom is 0.334 e. The monoisotopic (exact) mass is 301 g/mol.